The van der Waals surface area contributed by atoms with Gasteiger partial charge < -0.3 is 10.2 Å². The number of carbonyl (C=O) groups excluding carboxylic acids is 1. The molecule has 0 unspecified atom stereocenters. The van der Waals surface area contributed by atoms with E-state index in [1.807, 2.05) is 25.1 Å². The van der Waals surface area contributed by atoms with Gasteiger partial charge in [0.05, 0.1) is 11.3 Å². The molecule has 23 heavy (non-hydrogen) atoms. The van der Waals surface area contributed by atoms with E-state index >= 15 is 0 Å². The zero-order chi connectivity index (χ0) is 16.6. The van der Waals surface area contributed by atoms with Crippen LogP contribution >= 0.6 is 22.6 Å². The van der Waals surface area contributed by atoms with E-state index in [0.29, 0.717) is 12.2 Å². The molecule has 6 nitrogen and oxygen atoms in total. The zero-order valence-electron chi connectivity index (χ0n) is 12.3. The van der Waals surface area contributed by atoms with Crippen molar-refractivity contribution in [1.29, 1.82) is 0 Å². The molecule has 2 heterocycles. The summed E-state index contributed by atoms with van der Waals surface area (Å²) in [5.41, 5.74) is 2.02. The highest BCUT2D eigenvalue weighted by Gasteiger charge is 2.29. The lowest BCUT2D eigenvalue weighted by Gasteiger charge is -2.28. The summed E-state index contributed by atoms with van der Waals surface area (Å²) in [4.78, 5) is 14.2. The molecule has 1 aromatic carbocycles. The Hall–Kier alpha value is -1.68. The number of amidine groups is 1. The van der Waals surface area contributed by atoms with Crippen molar-refractivity contribution < 1.29 is 13.2 Å². The SMILES string of the molecule is Cc1ccc(NC(=O)C2=CC=CN3CCS(=O)(=O)N=C23)cc1I. The Morgan fingerprint density at radius 1 is 1.39 bits per heavy atom. The van der Waals surface area contributed by atoms with Crippen molar-refractivity contribution in [3.63, 3.8) is 0 Å². The largest absolute Gasteiger partial charge is 0.331 e. The third-order valence-electron chi connectivity index (χ3n) is 3.53. The van der Waals surface area contributed by atoms with Crippen molar-refractivity contribution in [2.45, 2.75) is 6.92 Å². The van der Waals surface area contributed by atoms with Crippen molar-refractivity contribution in [3.05, 3.63) is 51.3 Å². The fourth-order valence-electron chi connectivity index (χ4n) is 2.26. The molecule has 0 fully saturated rings. The molecule has 0 aliphatic carbocycles. The Balaban J connectivity index is 1.89. The van der Waals surface area contributed by atoms with E-state index in [2.05, 4.69) is 32.3 Å². The van der Waals surface area contributed by atoms with E-state index < -0.39 is 10.0 Å². The van der Waals surface area contributed by atoms with Gasteiger partial charge >= 0.3 is 0 Å². The first-order valence-electron chi connectivity index (χ1n) is 6.91. The molecule has 0 spiro atoms. The number of anilines is 1. The van der Waals surface area contributed by atoms with Crippen molar-refractivity contribution in [2.24, 2.45) is 4.40 Å². The smallest absolute Gasteiger partial charge is 0.259 e. The van der Waals surface area contributed by atoms with Gasteiger partial charge in [-0.2, -0.15) is 0 Å². The van der Waals surface area contributed by atoms with Gasteiger partial charge in [-0.3, -0.25) is 4.79 Å². The summed E-state index contributed by atoms with van der Waals surface area (Å²) in [6, 6.07) is 5.59. The summed E-state index contributed by atoms with van der Waals surface area (Å²) < 4.78 is 28.2. The molecule has 0 bridgehead atoms. The van der Waals surface area contributed by atoms with Gasteiger partial charge in [0.2, 0.25) is 0 Å². The van der Waals surface area contributed by atoms with Gasteiger partial charge in [0.15, 0.2) is 5.84 Å². The van der Waals surface area contributed by atoms with Crippen LogP contribution in [0.4, 0.5) is 5.69 Å². The highest BCUT2D eigenvalue weighted by atomic mass is 127. The Kier molecular flexibility index (Phi) is 4.28. The second-order valence-corrected chi connectivity index (χ2v) is 8.15. The molecule has 3 rings (SSSR count). The van der Waals surface area contributed by atoms with Gasteiger partial charge in [0, 0.05) is 22.0 Å². The van der Waals surface area contributed by atoms with Crippen molar-refractivity contribution in [1.82, 2.24) is 4.90 Å². The number of nitrogens with zero attached hydrogens (tertiary/aromatic N) is 2. The van der Waals surface area contributed by atoms with Crippen LogP contribution in [-0.4, -0.2) is 37.4 Å². The quantitative estimate of drug-likeness (QED) is 0.710. The first kappa shape index (κ1) is 16.2. The topological polar surface area (TPSA) is 78.8 Å². The van der Waals surface area contributed by atoms with Gasteiger partial charge in [-0.15, -0.1) is 4.40 Å². The number of nitrogens with one attached hydrogen (secondary N) is 1. The molecule has 0 radical (unpaired) electrons. The number of hydrogen-bond acceptors (Lipinski definition) is 4. The molecule has 1 amide bonds. The average molecular weight is 443 g/mol. The summed E-state index contributed by atoms with van der Waals surface area (Å²) in [5.74, 6) is -0.251. The summed E-state index contributed by atoms with van der Waals surface area (Å²) in [6.07, 6.45) is 5.01. The van der Waals surface area contributed by atoms with Crippen LogP contribution in [0.2, 0.25) is 0 Å². The standard InChI is InChI=1S/C15H14IN3O3S/c1-10-4-5-11(9-13(10)16)17-15(20)12-3-2-6-19-7-8-23(21,22)18-14(12)19/h2-6,9H,7-8H2,1H3,(H,17,20). The second-order valence-electron chi connectivity index (χ2n) is 5.23. The average Bonchev–Trinajstić information content (AvgIpc) is 2.49. The highest BCUT2D eigenvalue weighted by Crippen LogP contribution is 2.21. The van der Waals surface area contributed by atoms with Crippen molar-refractivity contribution in [3.8, 4) is 0 Å². The van der Waals surface area contributed by atoms with Gasteiger partial charge in [-0.05, 0) is 59.4 Å². The maximum atomic E-state index is 12.5. The molecule has 0 atom stereocenters. The third-order valence-corrected chi connectivity index (χ3v) is 5.84. The summed E-state index contributed by atoms with van der Waals surface area (Å²) in [5, 5.41) is 2.79. The van der Waals surface area contributed by atoms with Crippen LogP contribution in [0.3, 0.4) is 0 Å². The molecule has 120 valence electrons. The maximum absolute atomic E-state index is 12.5. The van der Waals surface area contributed by atoms with Crippen LogP contribution in [0.25, 0.3) is 0 Å². The predicted molar refractivity (Wildman–Crippen MR) is 97.7 cm³/mol. The van der Waals surface area contributed by atoms with Crippen molar-refractivity contribution >= 4 is 50.0 Å². The Morgan fingerprint density at radius 3 is 2.91 bits per heavy atom. The number of allylic oxidation sites excluding steroid dienone is 2. The Bertz CT molecular complexity index is 872. The minimum atomic E-state index is -3.51. The molecule has 2 aliphatic rings. The molecular formula is C15H14IN3O3S. The van der Waals surface area contributed by atoms with E-state index in [1.165, 1.54) is 0 Å². The van der Waals surface area contributed by atoms with E-state index in [1.54, 1.807) is 23.3 Å². The molecule has 8 heteroatoms. The molecular weight excluding hydrogens is 429 g/mol. The van der Waals surface area contributed by atoms with Crippen molar-refractivity contribution in [2.75, 3.05) is 17.6 Å². The van der Waals surface area contributed by atoms with Crippen LogP contribution in [0.5, 0.6) is 0 Å². The summed E-state index contributed by atoms with van der Waals surface area (Å²) >= 11 is 2.20. The van der Waals surface area contributed by atoms with Crippen LogP contribution in [-0.2, 0) is 14.8 Å². The van der Waals surface area contributed by atoms with Gasteiger partial charge in [-0.1, -0.05) is 6.07 Å². The van der Waals surface area contributed by atoms with E-state index in [4.69, 9.17) is 0 Å². The number of aryl methyl sites for hydroxylation is 1. The third kappa shape index (κ3) is 3.47. The maximum Gasteiger partial charge on any atom is 0.259 e. The number of carbonyl (C=O) groups is 1. The monoisotopic (exact) mass is 443 g/mol. The molecule has 0 saturated carbocycles. The lowest BCUT2D eigenvalue weighted by molar-refractivity contribution is -0.112. The van der Waals surface area contributed by atoms with Crippen LogP contribution < -0.4 is 5.32 Å². The number of hydrogen-bond donors (Lipinski definition) is 1. The molecule has 2 aliphatic heterocycles. The number of sulfonamides is 1. The Labute approximate surface area is 148 Å². The van der Waals surface area contributed by atoms with Gasteiger partial charge in [0.25, 0.3) is 15.9 Å². The molecule has 0 saturated heterocycles. The van der Waals surface area contributed by atoms with Gasteiger partial charge in [0.1, 0.15) is 0 Å². The number of halogens is 1. The number of amides is 1. The summed E-state index contributed by atoms with van der Waals surface area (Å²) in [6.45, 7) is 2.28. The minimum absolute atomic E-state index is 0.0497. The molecule has 0 aromatic heterocycles. The lowest BCUT2D eigenvalue weighted by atomic mass is 10.1. The van der Waals surface area contributed by atoms with Crippen LogP contribution in [0.1, 0.15) is 5.56 Å². The second kappa shape index (κ2) is 6.08. The molecule has 1 N–H and O–H groups in total. The van der Waals surface area contributed by atoms with Crippen LogP contribution in [0.15, 0.2) is 46.5 Å². The summed E-state index contributed by atoms with van der Waals surface area (Å²) in [7, 11) is -3.51. The first-order chi connectivity index (χ1) is 10.9. The van der Waals surface area contributed by atoms with Crippen LogP contribution in [0, 0.1) is 10.5 Å². The van der Waals surface area contributed by atoms with E-state index in [-0.39, 0.29) is 23.1 Å². The van der Waals surface area contributed by atoms with E-state index in [9.17, 15) is 13.2 Å². The number of fused-ring (bicyclic) bond motifs is 1. The first-order valence-corrected chi connectivity index (χ1v) is 9.60. The van der Waals surface area contributed by atoms with Gasteiger partial charge in [-0.25, -0.2) is 8.42 Å². The zero-order valence-corrected chi connectivity index (χ0v) is 15.3. The highest BCUT2D eigenvalue weighted by molar-refractivity contribution is 14.1. The van der Waals surface area contributed by atoms with E-state index in [0.717, 1.165) is 9.13 Å². The predicted octanol–water partition coefficient (Wildman–Crippen LogP) is 2.04. The molecule has 1 aromatic rings. The number of rotatable bonds is 2. The normalized spacial score (nSPS) is 18.8. The Morgan fingerprint density at radius 2 is 2.17 bits per heavy atom. The fourth-order valence-corrected chi connectivity index (χ4v) is 3.76. The number of benzene rings is 1. The lowest BCUT2D eigenvalue weighted by Crippen LogP contribution is -2.40. The fraction of sp³-hybridized carbons (Fsp3) is 0.200. The minimum Gasteiger partial charge on any atom is -0.331 e.